The van der Waals surface area contributed by atoms with Gasteiger partial charge in [0.2, 0.25) is 0 Å². The van der Waals surface area contributed by atoms with Crippen LogP contribution in [0.3, 0.4) is 0 Å². The fourth-order valence-electron chi connectivity index (χ4n) is 2.31. The van der Waals surface area contributed by atoms with Gasteiger partial charge in [0.1, 0.15) is 0 Å². The average molecular weight is 265 g/mol. The summed E-state index contributed by atoms with van der Waals surface area (Å²) < 4.78 is 11.7. The molecule has 90 valence electrons. The zero-order chi connectivity index (χ0) is 12.1. The second-order valence-electron chi connectivity index (χ2n) is 6.03. The second-order valence-corrected chi connectivity index (χ2v) is 31.2. The Balaban J connectivity index is 3.13. The molecule has 1 N–H and O–H groups in total. The maximum Gasteiger partial charge on any atom is 0.178 e. The molecule has 3 nitrogen and oxygen atoms in total. The summed E-state index contributed by atoms with van der Waals surface area (Å²) >= 11 is 0. The third kappa shape index (κ3) is 2.03. The smallest absolute Gasteiger partial charge is 0.178 e. The summed E-state index contributed by atoms with van der Waals surface area (Å²) in [6.45, 7) is 13.1. The van der Waals surface area contributed by atoms with Crippen LogP contribution in [0.2, 0.25) is 38.8 Å². The van der Waals surface area contributed by atoms with Gasteiger partial charge in [0.05, 0.1) is 7.11 Å². The summed E-state index contributed by atoms with van der Waals surface area (Å²) in [5.41, 5.74) is 0. The fraction of sp³-hybridized carbons (Fsp3) is 1.00. The van der Waals surface area contributed by atoms with Crippen LogP contribution in [0.5, 0.6) is 0 Å². The van der Waals surface area contributed by atoms with Crippen LogP contribution in [0.4, 0.5) is 0 Å². The van der Waals surface area contributed by atoms with E-state index in [4.69, 9.17) is 9.16 Å². The molecule has 0 radical (unpaired) electrons. The van der Waals surface area contributed by atoms with Gasteiger partial charge in [-0.2, -0.15) is 0 Å². The van der Waals surface area contributed by atoms with Crippen molar-refractivity contribution in [2.45, 2.75) is 51.5 Å². The molecular weight excluding hydrogens is 240 g/mol. The zero-order valence-corrected chi connectivity index (χ0v) is 14.0. The van der Waals surface area contributed by atoms with E-state index in [2.05, 4.69) is 32.7 Å². The van der Waals surface area contributed by atoms with Gasteiger partial charge in [0.25, 0.3) is 0 Å². The number of rotatable bonds is 1. The average Bonchev–Trinajstić information content (AvgIpc) is 1.99. The van der Waals surface area contributed by atoms with Crippen molar-refractivity contribution in [2.75, 3.05) is 7.11 Å². The Hall–Kier alpha value is 0.531. The zero-order valence-electron chi connectivity index (χ0n) is 11.0. The SMILES string of the molecule is COC1(C)C[Si](C)(O)[Si](C)(C)[Si](C)(C)O1. The van der Waals surface area contributed by atoms with Crippen LogP contribution < -0.4 is 0 Å². The van der Waals surface area contributed by atoms with E-state index in [1.807, 2.05) is 6.92 Å². The van der Waals surface area contributed by atoms with Gasteiger partial charge in [-0.25, -0.2) is 0 Å². The molecule has 0 aliphatic carbocycles. The molecule has 1 aliphatic heterocycles. The topological polar surface area (TPSA) is 38.7 Å². The van der Waals surface area contributed by atoms with Crippen LogP contribution in [0.15, 0.2) is 0 Å². The molecule has 2 atom stereocenters. The standard InChI is InChI=1S/C9H24O3Si3/c1-9(11-2)8-15(7,10)14(5,6)13(3,4)12-9/h10H,8H2,1-7H3. The minimum Gasteiger partial charge on any atom is -0.435 e. The quantitative estimate of drug-likeness (QED) is 0.737. The van der Waals surface area contributed by atoms with E-state index < -0.39 is 28.6 Å². The van der Waals surface area contributed by atoms with Gasteiger partial charge in [-0.15, -0.1) is 0 Å². The molecule has 0 aromatic heterocycles. The van der Waals surface area contributed by atoms with Crippen molar-refractivity contribution < 1.29 is 14.0 Å². The summed E-state index contributed by atoms with van der Waals surface area (Å²) in [6, 6.07) is 0.714. The van der Waals surface area contributed by atoms with Crippen molar-refractivity contribution in [3.05, 3.63) is 0 Å². The van der Waals surface area contributed by atoms with E-state index in [-0.39, 0.29) is 0 Å². The highest BCUT2D eigenvalue weighted by molar-refractivity contribution is 7.66. The second kappa shape index (κ2) is 3.51. The van der Waals surface area contributed by atoms with Gasteiger partial charge < -0.3 is 14.0 Å². The predicted molar refractivity (Wildman–Crippen MR) is 70.1 cm³/mol. The number of hydrogen-bond acceptors (Lipinski definition) is 3. The van der Waals surface area contributed by atoms with Gasteiger partial charge >= 0.3 is 0 Å². The Morgan fingerprint density at radius 3 is 2.00 bits per heavy atom. The molecule has 1 rings (SSSR count). The molecule has 2 unspecified atom stereocenters. The van der Waals surface area contributed by atoms with Crippen molar-refractivity contribution in [2.24, 2.45) is 0 Å². The molecule has 0 saturated carbocycles. The first-order valence-corrected chi connectivity index (χ1v) is 16.0. The van der Waals surface area contributed by atoms with Gasteiger partial charge in [-0.1, -0.05) is 13.1 Å². The first kappa shape index (κ1) is 13.6. The molecule has 0 aromatic carbocycles. The Kier molecular flexibility index (Phi) is 3.18. The summed E-state index contributed by atoms with van der Waals surface area (Å²) in [7, 11) is -3.89. The van der Waals surface area contributed by atoms with Gasteiger partial charge in [-0.3, -0.25) is 0 Å². The summed E-state index contributed by atoms with van der Waals surface area (Å²) in [6.07, 6.45) is 0. The van der Waals surface area contributed by atoms with Crippen LogP contribution in [-0.4, -0.2) is 40.5 Å². The van der Waals surface area contributed by atoms with Crippen LogP contribution >= 0.6 is 0 Å². The largest absolute Gasteiger partial charge is 0.435 e. The van der Waals surface area contributed by atoms with Gasteiger partial charge in [-0.05, 0) is 26.6 Å². The van der Waals surface area contributed by atoms with E-state index in [0.717, 1.165) is 0 Å². The fourth-order valence-corrected chi connectivity index (χ4v) is 27.7. The van der Waals surface area contributed by atoms with Crippen LogP contribution in [0.25, 0.3) is 0 Å². The number of methoxy groups -OCH3 is 1. The van der Waals surface area contributed by atoms with Crippen molar-refractivity contribution in [3.8, 4) is 0 Å². The molecule has 1 fully saturated rings. The van der Waals surface area contributed by atoms with Crippen molar-refractivity contribution in [1.29, 1.82) is 0 Å². The maximum absolute atomic E-state index is 10.8. The maximum atomic E-state index is 10.8. The lowest BCUT2D eigenvalue weighted by Gasteiger charge is -2.56. The number of hydrogen-bond donors (Lipinski definition) is 1. The highest BCUT2D eigenvalue weighted by Gasteiger charge is 2.64. The van der Waals surface area contributed by atoms with Gasteiger partial charge in [0.15, 0.2) is 21.5 Å². The Labute approximate surface area is 95.6 Å². The highest BCUT2D eigenvalue weighted by Crippen LogP contribution is 2.42. The third-order valence-corrected chi connectivity index (χ3v) is 40.6. The summed E-state index contributed by atoms with van der Waals surface area (Å²) in [4.78, 5) is 10.8. The molecule has 15 heavy (non-hydrogen) atoms. The Morgan fingerprint density at radius 2 is 1.67 bits per heavy atom. The molecule has 1 heterocycles. The molecule has 6 heteroatoms. The lowest BCUT2D eigenvalue weighted by molar-refractivity contribution is -0.142. The first-order valence-electron chi connectivity index (χ1n) is 5.45. The van der Waals surface area contributed by atoms with Crippen LogP contribution in [0.1, 0.15) is 6.92 Å². The molecule has 0 amide bonds. The van der Waals surface area contributed by atoms with E-state index >= 15 is 0 Å². The van der Waals surface area contributed by atoms with Crippen LogP contribution in [-0.2, 0) is 9.16 Å². The molecule has 0 spiro atoms. The summed E-state index contributed by atoms with van der Waals surface area (Å²) in [5, 5.41) is 0. The van der Waals surface area contributed by atoms with Gasteiger partial charge in [0, 0.05) is 13.2 Å². The lowest BCUT2D eigenvalue weighted by Crippen LogP contribution is -2.79. The third-order valence-electron chi connectivity index (χ3n) is 4.42. The minimum atomic E-state index is -2.16. The van der Waals surface area contributed by atoms with E-state index in [1.165, 1.54) is 0 Å². The van der Waals surface area contributed by atoms with E-state index in [9.17, 15) is 4.80 Å². The monoisotopic (exact) mass is 264 g/mol. The highest BCUT2D eigenvalue weighted by atomic mass is 29.7. The van der Waals surface area contributed by atoms with E-state index in [0.29, 0.717) is 6.04 Å². The molecular formula is C9H24O3Si3. The number of ether oxygens (including phenoxy) is 1. The van der Waals surface area contributed by atoms with Crippen molar-refractivity contribution in [1.82, 2.24) is 0 Å². The predicted octanol–water partition coefficient (Wildman–Crippen LogP) is 2.02. The lowest BCUT2D eigenvalue weighted by atomic mass is 10.4. The van der Waals surface area contributed by atoms with E-state index in [1.54, 1.807) is 7.11 Å². The molecule has 1 aliphatic rings. The first-order chi connectivity index (χ1) is 6.47. The normalized spacial score (nSPS) is 44.0. The van der Waals surface area contributed by atoms with Crippen LogP contribution in [0, 0.1) is 0 Å². The Bertz CT molecular complexity index is 243. The molecule has 0 bridgehead atoms. The molecule has 0 aromatic rings. The van der Waals surface area contributed by atoms with Crippen molar-refractivity contribution in [3.63, 3.8) is 0 Å². The molecule has 1 saturated heterocycles. The van der Waals surface area contributed by atoms with Crippen molar-refractivity contribution >= 4 is 22.8 Å². The summed E-state index contributed by atoms with van der Waals surface area (Å²) in [5.74, 6) is -0.548. The Morgan fingerprint density at radius 1 is 1.20 bits per heavy atom. The minimum absolute atomic E-state index is 0.548.